The van der Waals surface area contributed by atoms with Crippen LogP contribution in [0.5, 0.6) is 0 Å². The van der Waals surface area contributed by atoms with E-state index in [1.165, 1.54) is 79.4 Å². The van der Waals surface area contributed by atoms with E-state index in [1.807, 2.05) is 22.7 Å². The van der Waals surface area contributed by atoms with E-state index in [1.54, 1.807) is 0 Å². The van der Waals surface area contributed by atoms with Crippen LogP contribution >= 0.6 is 22.7 Å². The van der Waals surface area contributed by atoms with Crippen LogP contribution in [-0.4, -0.2) is 0 Å². The van der Waals surface area contributed by atoms with E-state index in [2.05, 4.69) is 193 Å². The molecule has 2 aromatic heterocycles. The van der Waals surface area contributed by atoms with Crippen LogP contribution < -0.4 is 4.90 Å². The second kappa shape index (κ2) is 12.4. The van der Waals surface area contributed by atoms with Crippen molar-refractivity contribution in [2.75, 3.05) is 4.90 Å². The van der Waals surface area contributed by atoms with E-state index in [-0.39, 0.29) is 0 Å². The molecule has 0 saturated heterocycles. The summed E-state index contributed by atoms with van der Waals surface area (Å²) in [6.07, 6.45) is 0. The van der Waals surface area contributed by atoms with Crippen molar-refractivity contribution in [3.63, 3.8) is 0 Å². The summed E-state index contributed by atoms with van der Waals surface area (Å²) in [4.78, 5) is 2.45. The van der Waals surface area contributed by atoms with Gasteiger partial charge < -0.3 is 4.90 Å². The molecule has 10 rings (SSSR count). The number of benzene rings is 8. The van der Waals surface area contributed by atoms with Crippen LogP contribution in [0.4, 0.5) is 17.1 Å². The molecule has 2 heterocycles. The van der Waals surface area contributed by atoms with Crippen LogP contribution in [0.15, 0.2) is 188 Å². The Hall–Kier alpha value is -6.00. The van der Waals surface area contributed by atoms with Gasteiger partial charge in [0.05, 0.1) is 10.4 Å². The molecule has 0 bridgehead atoms. The first-order chi connectivity index (χ1) is 25.3. The number of nitrogens with zero attached hydrogens (tertiary/aromatic N) is 1. The zero-order valence-electron chi connectivity index (χ0n) is 27.7. The number of anilines is 3. The molecule has 8 aromatic carbocycles. The summed E-state index contributed by atoms with van der Waals surface area (Å²) in [5.74, 6) is 0. The molecular formula is C48H31NS2. The Morgan fingerprint density at radius 1 is 0.314 bits per heavy atom. The van der Waals surface area contributed by atoms with E-state index < -0.39 is 0 Å². The van der Waals surface area contributed by atoms with Crippen LogP contribution in [0, 0.1) is 0 Å². The fraction of sp³-hybridized carbons (Fsp3) is 0. The van der Waals surface area contributed by atoms with Crippen LogP contribution in [0.2, 0.25) is 0 Å². The first-order valence-electron chi connectivity index (χ1n) is 17.3. The molecule has 0 unspecified atom stereocenters. The Kier molecular flexibility index (Phi) is 7.26. The summed E-state index contributed by atoms with van der Waals surface area (Å²) in [6.45, 7) is 0. The van der Waals surface area contributed by atoms with Gasteiger partial charge in [-0.05, 0) is 69.8 Å². The number of fused-ring (bicyclic) bond motifs is 6. The summed E-state index contributed by atoms with van der Waals surface area (Å²) in [5.41, 5.74) is 10.9. The number of rotatable bonds is 6. The highest BCUT2D eigenvalue weighted by Gasteiger charge is 2.20. The lowest BCUT2D eigenvalue weighted by atomic mass is 10.00. The van der Waals surface area contributed by atoms with Crippen LogP contribution in [0.3, 0.4) is 0 Å². The highest BCUT2D eigenvalue weighted by Crippen LogP contribution is 2.48. The van der Waals surface area contributed by atoms with Gasteiger partial charge in [0.1, 0.15) is 0 Å². The van der Waals surface area contributed by atoms with Gasteiger partial charge in [-0.1, -0.05) is 152 Å². The Morgan fingerprint density at radius 3 is 1.57 bits per heavy atom. The monoisotopic (exact) mass is 685 g/mol. The Bertz CT molecular complexity index is 2830. The minimum Gasteiger partial charge on any atom is -0.309 e. The molecule has 0 aliphatic heterocycles. The lowest BCUT2D eigenvalue weighted by Crippen LogP contribution is -2.09. The van der Waals surface area contributed by atoms with Crippen molar-refractivity contribution in [2.24, 2.45) is 0 Å². The quantitative estimate of drug-likeness (QED) is 0.168. The first kappa shape index (κ1) is 29.9. The average Bonchev–Trinajstić information content (AvgIpc) is 3.78. The minimum atomic E-state index is 1.13. The summed E-state index contributed by atoms with van der Waals surface area (Å²) >= 11 is 3.76. The molecule has 3 heteroatoms. The van der Waals surface area contributed by atoms with Crippen molar-refractivity contribution < 1.29 is 0 Å². The van der Waals surface area contributed by atoms with Gasteiger partial charge >= 0.3 is 0 Å². The van der Waals surface area contributed by atoms with Gasteiger partial charge in [0.25, 0.3) is 0 Å². The standard InChI is InChI=1S/C48H31NS2/c1-3-11-32(12-4-1)33-21-23-34(24-22-33)35-25-27-37(28-26-35)49(38-29-30-41-40-15-7-8-20-45(40)50-46(41)31-38)44-19-10-18-43-42-17-9-16-39(47(42)51-48(43)44)36-13-5-2-6-14-36/h1-31H. The molecule has 240 valence electrons. The SMILES string of the molecule is c1ccc(-c2ccc(-c3ccc(N(c4ccc5c(c4)sc4ccccc45)c4cccc5c4sc4c(-c6ccccc6)cccc45)cc3)cc2)cc1. The maximum absolute atomic E-state index is 2.45. The van der Waals surface area contributed by atoms with Crippen LogP contribution in [-0.2, 0) is 0 Å². The predicted octanol–water partition coefficient (Wildman–Crippen LogP) is 14.9. The molecule has 0 radical (unpaired) electrons. The fourth-order valence-electron chi connectivity index (χ4n) is 7.40. The number of hydrogen-bond donors (Lipinski definition) is 0. The summed E-state index contributed by atoms with van der Waals surface area (Å²) < 4.78 is 5.22. The van der Waals surface area contributed by atoms with E-state index >= 15 is 0 Å². The van der Waals surface area contributed by atoms with Gasteiger partial charge in [-0.3, -0.25) is 0 Å². The van der Waals surface area contributed by atoms with Gasteiger partial charge in [0.2, 0.25) is 0 Å². The summed E-state index contributed by atoms with van der Waals surface area (Å²) in [7, 11) is 0. The first-order valence-corrected chi connectivity index (χ1v) is 18.9. The lowest BCUT2D eigenvalue weighted by Gasteiger charge is -2.26. The number of thiophene rings is 2. The molecular weight excluding hydrogens is 655 g/mol. The van der Waals surface area contributed by atoms with E-state index in [0.29, 0.717) is 0 Å². The zero-order valence-corrected chi connectivity index (χ0v) is 29.3. The minimum absolute atomic E-state index is 1.13. The highest BCUT2D eigenvalue weighted by atomic mass is 32.1. The molecule has 51 heavy (non-hydrogen) atoms. The Balaban J connectivity index is 1.13. The Morgan fingerprint density at radius 2 is 0.843 bits per heavy atom. The third-order valence-electron chi connectivity index (χ3n) is 9.90. The van der Waals surface area contributed by atoms with Crippen molar-refractivity contribution in [3.8, 4) is 33.4 Å². The van der Waals surface area contributed by atoms with Crippen molar-refractivity contribution >= 4 is 80.1 Å². The maximum atomic E-state index is 2.45. The Labute approximate surface area is 304 Å². The van der Waals surface area contributed by atoms with Gasteiger partial charge in [0, 0.05) is 47.0 Å². The fourth-order valence-corrected chi connectivity index (χ4v) is 9.87. The predicted molar refractivity (Wildman–Crippen MR) is 223 cm³/mol. The molecule has 0 spiro atoms. The molecule has 0 atom stereocenters. The van der Waals surface area contributed by atoms with E-state index in [4.69, 9.17) is 0 Å². The van der Waals surface area contributed by atoms with Gasteiger partial charge in [0.15, 0.2) is 0 Å². The lowest BCUT2D eigenvalue weighted by molar-refractivity contribution is 1.31. The zero-order chi connectivity index (χ0) is 33.7. The van der Waals surface area contributed by atoms with Crippen molar-refractivity contribution in [1.29, 1.82) is 0 Å². The second-order valence-electron chi connectivity index (χ2n) is 12.9. The molecule has 10 aromatic rings. The third-order valence-corrected chi connectivity index (χ3v) is 12.3. The topological polar surface area (TPSA) is 3.24 Å². The summed E-state index contributed by atoms with van der Waals surface area (Å²) in [5, 5.41) is 5.21. The summed E-state index contributed by atoms with van der Waals surface area (Å²) in [6, 6.07) is 68.5. The second-order valence-corrected chi connectivity index (χ2v) is 15.0. The normalized spacial score (nSPS) is 11.5. The molecule has 0 aliphatic carbocycles. The van der Waals surface area contributed by atoms with Crippen molar-refractivity contribution in [2.45, 2.75) is 0 Å². The van der Waals surface area contributed by atoms with E-state index in [9.17, 15) is 0 Å². The van der Waals surface area contributed by atoms with Crippen LogP contribution in [0.25, 0.3) is 73.7 Å². The highest BCUT2D eigenvalue weighted by molar-refractivity contribution is 7.27. The smallest absolute Gasteiger partial charge is 0.0640 e. The van der Waals surface area contributed by atoms with Crippen LogP contribution in [0.1, 0.15) is 0 Å². The third kappa shape index (κ3) is 5.21. The van der Waals surface area contributed by atoms with Crippen molar-refractivity contribution in [1.82, 2.24) is 0 Å². The largest absolute Gasteiger partial charge is 0.309 e. The molecule has 0 N–H and O–H groups in total. The van der Waals surface area contributed by atoms with E-state index in [0.717, 1.165) is 11.4 Å². The van der Waals surface area contributed by atoms with Crippen molar-refractivity contribution in [3.05, 3.63) is 188 Å². The number of hydrogen-bond acceptors (Lipinski definition) is 3. The maximum Gasteiger partial charge on any atom is 0.0640 e. The van der Waals surface area contributed by atoms with Gasteiger partial charge in [-0.2, -0.15) is 0 Å². The van der Waals surface area contributed by atoms with Gasteiger partial charge in [-0.15, -0.1) is 22.7 Å². The van der Waals surface area contributed by atoms with Gasteiger partial charge in [-0.25, -0.2) is 0 Å². The average molecular weight is 686 g/mol. The molecule has 0 aliphatic rings. The molecule has 1 nitrogen and oxygen atoms in total. The molecule has 0 amide bonds. The molecule has 0 saturated carbocycles. The molecule has 0 fully saturated rings.